The Morgan fingerprint density at radius 2 is 1.37 bits per heavy atom. The number of pyridine rings is 2. The van der Waals surface area contributed by atoms with Crippen LogP contribution in [0.3, 0.4) is 0 Å². The molecule has 168 valence electrons. The Bertz CT molecular complexity index is 990. The topological polar surface area (TPSA) is 130 Å². The van der Waals surface area contributed by atoms with E-state index in [9.17, 15) is 27.4 Å². The second-order valence-corrected chi connectivity index (χ2v) is 9.87. The van der Waals surface area contributed by atoms with Gasteiger partial charge in [-0.1, -0.05) is 0 Å². The Morgan fingerprint density at radius 3 is 1.73 bits per heavy atom. The summed E-state index contributed by atoms with van der Waals surface area (Å²) in [5, 5.41) is 28.3. The first-order valence-corrected chi connectivity index (χ1v) is 11.5. The summed E-state index contributed by atoms with van der Waals surface area (Å²) in [5.41, 5.74) is -3.93. The van der Waals surface area contributed by atoms with E-state index in [1.165, 1.54) is 32.0 Å². The first kappa shape index (κ1) is 26.9. The highest BCUT2D eigenvalue weighted by atomic mass is 79.9. The number of aliphatic hydroxyl groups is 3. The number of aliphatic hydroxyl groups excluding tert-OH is 1. The summed E-state index contributed by atoms with van der Waals surface area (Å²) in [4.78, 5) is 7.51. The Balaban J connectivity index is 0.000000311. The molecule has 3 N–H and O–H groups in total. The fourth-order valence-electron chi connectivity index (χ4n) is 1.96. The van der Waals surface area contributed by atoms with Crippen molar-refractivity contribution in [2.75, 3.05) is 19.5 Å². The molecule has 2 aromatic rings. The first-order chi connectivity index (χ1) is 13.6. The van der Waals surface area contributed by atoms with Gasteiger partial charge in [-0.2, -0.15) is 8.42 Å². The molecule has 0 radical (unpaired) electrons. The number of hydrogen-bond acceptors (Lipinski definition) is 8. The summed E-state index contributed by atoms with van der Waals surface area (Å²) in [6.45, 7) is 1.33. The molecule has 0 saturated heterocycles. The lowest BCUT2D eigenvalue weighted by Gasteiger charge is -2.22. The summed E-state index contributed by atoms with van der Waals surface area (Å²) < 4.78 is 53.3. The smallest absolute Gasteiger partial charge is 0.264 e. The highest BCUT2D eigenvalue weighted by Gasteiger charge is 2.31. The quantitative estimate of drug-likeness (QED) is 0.352. The zero-order valence-electron chi connectivity index (χ0n) is 16.1. The molecule has 0 aliphatic heterocycles. The zero-order chi connectivity index (χ0) is 23.3. The van der Waals surface area contributed by atoms with Crippen LogP contribution in [0, 0.1) is 11.6 Å². The molecule has 0 amide bonds. The van der Waals surface area contributed by atoms with Crippen LogP contribution in [0.1, 0.15) is 25.2 Å². The third-order valence-corrected chi connectivity index (χ3v) is 4.94. The predicted octanol–water partition coefficient (Wildman–Crippen LogP) is 2.35. The molecule has 13 heteroatoms. The van der Waals surface area contributed by atoms with Crippen molar-refractivity contribution in [2.24, 2.45) is 0 Å². The Morgan fingerprint density at radius 1 is 0.967 bits per heavy atom. The normalized spacial score (nSPS) is 15.5. The van der Waals surface area contributed by atoms with Crippen molar-refractivity contribution in [3.05, 3.63) is 56.5 Å². The predicted molar refractivity (Wildman–Crippen MR) is 111 cm³/mol. The second kappa shape index (κ2) is 10.5. The lowest BCUT2D eigenvalue weighted by atomic mass is 10.0. The Labute approximate surface area is 189 Å². The Hall–Kier alpha value is -1.09. The molecule has 0 aliphatic rings. The number of nitrogens with zero attached hydrogens (tertiary/aromatic N) is 2. The minimum absolute atomic E-state index is 0.163. The standard InChI is InChI=1S/C9H11BrFNO4S.C8H9BrFNO2/c1-9(13,5-16-17(2,14)15)8-6(11)3-4-7(10)12-8;1-8(13,4-12)7-5(10)2-3-6(9)11-7/h3-4,13H,5H2,1-2H3;2-3,12-13H,4H2,1H3. The van der Waals surface area contributed by atoms with Crippen LogP contribution in [0.4, 0.5) is 8.78 Å². The van der Waals surface area contributed by atoms with E-state index in [0.717, 1.165) is 12.3 Å². The van der Waals surface area contributed by atoms with Gasteiger partial charge in [0.25, 0.3) is 10.1 Å². The highest BCUT2D eigenvalue weighted by molar-refractivity contribution is 9.10. The van der Waals surface area contributed by atoms with Gasteiger partial charge in [0.05, 0.1) is 12.9 Å². The monoisotopic (exact) mass is 576 g/mol. The number of halogens is 4. The van der Waals surface area contributed by atoms with E-state index in [0.29, 0.717) is 9.21 Å². The lowest BCUT2D eigenvalue weighted by Crippen LogP contribution is -2.31. The van der Waals surface area contributed by atoms with Crippen molar-refractivity contribution in [1.82, 2.24) is 9.97 Å². The molecular weight excluding hydrogens is 558 g/mol. The molecule has 2 rings (SSSR count). The number of rotatable bonds is 6. The molecule has 0 spiro atoms. The van der Waals surface area contributed by atoms with E-state index in [1.54, 1.807) is 0 Å². The van der Waals surface area contributed by atoms with Gasteiger partial charge >= 0.3 is 0 Å². The molecule has 30 heavy (non-hydrogen) atoms. The van der Waals surface area contributed by atoms with E-state index in [-0.39, 0.29) is 11.4 Å². The van der Waals surface area contributed by atoms with Crippen molar-refractivity contribution < 1.29 is 36.7 Å². The zero-order valence-corrected chi connectivity index (χ0v) is 20.1. The maximum Gasteiger partial charge on any atom is 0.264 e. The molecule has 0 saturated carbocycles. The fourth-order valence-corrected chi connectivity index (χ4v) is 3.02. The van der Waals surface area contributed by atoms with Gasteiger partial charge in [-0.15, -0.1) is 0 Å². The SMILES string of the molecule is CC(O)(CO)c1nc(Br)ccc1F.CC(O)(COS(C)(=O)=O)c1nc(Br)ccc1F. The molecular formula is C17H20Br2F2N2O6S. The third kappa shape index (κ3) is 8.21. The Kier molecular flexibility index (Phi) is 9.41. The molecule has 0 fully saturated rings. The molecule has 0 bridgehead atoms. The van der Waals surface area contributed by atoms with E-state index in [2.05, 4.69) is 46.0 Å². The van der Waals surface area contributed by atoms with Crippen LogP contribution >= 0.6 is 31.9 Å². The van der Waals surface area contributed by atoms with Crippen LogP contribution in [0.15, 0.2) is 33.5 Å². The van der Waals surface area contributed by atoms with Crippen molar-refractivity contribution >= 4 is 42.0 Å². The van der Waals surface area contributed by atoms with E-state index in [4.69, 9.17) is 5.11 Å². The van der Waals surface area contributed by atoms with Crippen LogP contribution in [0.25, 0.3) is 0 Å². The van der Waals surface area contributed by atoms with E-state index >= 15 is 0 Å². The van der Waals surface area contributed by atoms with Crippen molar-refractivity contribution in [2.45, 2.75) is 25.0 Å². The van der Waals surface area contributed by atoms with Gasteiger partial charge in [0.15, 0.2) is 0 Å². The largest absolute Gasteiger partial charge is 0.393 e. The molecule has 8 nitrogen and oxygen atoms in total. The molecule has 0 aromatic carbocycles. The summed E-state index contributed by atoms with van der Waals surface area (Å²) in [6, 6.07) is 5.08. The molecule has 2 aromatic heterocycles. The number of hydrogen-bond donors (Lipinski definition) is 3. The molecule has 0 aliphatic carbocycles. The van der Waals surface area contributed by atoms with Crippen LogP contribution in [-0.4, -0.2) is 53.2 Å². The minimum atomic E-state index is -3.71. The second-order valence-electron chi connectivity index (χ2n) is 6.60. The minimum Gasteiger partial charge on any atom is -0.393 e. The van der Waals surface area contributed by atoms with Crippen LogP contribution in [0.2, 0.25) is 0 Å². The maximum atomic E-state index is 13.4. The maximum absolute atomic E-state index is 13.4. The number of aromatic nitrogens is 2. The summed E-state index contributed by atoms with van der Waals surface area (Å²) in [5.74, 6) is -1.38. The summed E-state index contributed by atoms with van der Waals surface area (Å²) in [7, 11) is -3.71. The van der Waals surface area contributed by atoms with Crippen molar-refractivity contribution in [3.8, 4) is 0 Å². The van der Waals surface area contributed by atoms with Crippen LogP contribution in [-0.2, 0) is 25.5 Å². The van der Waals surface area contributed by atoms with Crippen LogP contribution in [0.5, 0.6) is 0 Å². The van der Waals surface area contributed by atoms with Crippen LogP contribution < -0.4 is 0 Å². The van der Waals surface area contributed by atoms with Gasteiger partial charge < -0.3 is 15.3 Å². The average Bonchev–Trinajstić information content (AvgIpc) is 2.64. The van der Waals surface area contributed by atoms with Gasteiger partial charge in [0.1, 0.15) is 50.0 Å². The molecule has 2 heterocycles. The van der Waals surface area contributed by atoms with Gasteiger partial charge in [0, 0.05) is 0 Å². The van der Waals surface area contributed by atoms with E-state index < -0.39 is 46.2 Å². The lowest BCUT2D eigenvalue weighted by molar-refractivity contribution is -0.00899. The molecule has 2 unspecified atom stereocenters. The van der Waals surface area contributed by atoms with Crippen molar-refractivity contribution in [3.63, 3.8) is 0 Å². The van der Waals surface area contributed by atoms with E-state index in [1.807, 2.05) is 0 Å². The van der Waals surface area contributed by atoms with Crippen molar-refractivity contribution in [1.29, 1.82) is 0 Å². The molecule has 2 atom stereocenters. The fraction of sp³-hybridized carbons (Fsp3) is 0.412. The van der Waals surface area contributed by atoms with Gasteiger partial charge in [-0.25, -0.2) is 18.7 Å². The first-order valence-electron chi connectivity index (χ1n) is 8.14. The average molecular weight is 578 g/mol. The summed E-state index contributed by atoms with van der Waals surface area (Å²) >= 11 is 6.08. The summed E-state index contributed by atoms with van der Waals surface area (Å²) in [6.07, 6.45) is 0.841. The van der Waals surface area contributed by atoms with Gasteiger partial charge in [0.2, 0.25) is 0 Å². The van der Waals surface area contributed by atoms with Gasteiger partial charge in [-0.3, -0.25) is 4.18 Å². The highest BCUT2D eigenvalue weighted by Crippen LogP contribution is 2.24. The van der Waals surface area contributed by atoms with Gasteiger partial charge in [-0.05, 0) is 70.0 Å². The third-order valence-electron chi connectivity index (χ3n) is 3.51.